The van der Waals surface area contributed by atoms with Crippen LogP contribution < -0.4 is 14.4 Å². The summed E-state index contributed by atoms with van der Waals surface area (Å²) in [5.74, 6) is 2.12. The molecular formula is C27H32N2O4S2. The van der Waals surface area contributed by atoms with Crippen molar-refractivity contribution in [1.29, 1.82) is 0 Å². The number of nitrogens with zero attached hydrogens (tertiary/aromatic N) is 1. The van der Waals surface area contributed by atoms with Gasteiger partial charge in [-0.05, 0) is 68.0 Å². The number of amides is 1. The summed E-state index contributed by atoms with van der Waals surface area (Å²) in [6.07, 6.45) is 0.803. The van der Waals surface area contributed by atoms with E-state index in [1.165, 1.54) is 5.56 Å². The van der Waals surface area contributed by atoms with Crippen molar-refractivity contribution >= 4 is 33.4 Å². The molecule has 0 aliphatic rings. The fourth-order valence-electron chi connectivity index (χ4n) is 3.38. The molecule has 3 rings (SSSR count). The number of carbonyl (C=O) groups is 1. The van der Waals surface area contributed by atoms with E-state index in [2.05, 4.69) is 17.4 Å². The molecule has 0 aliphatic carbocycles. The van der Waals surface area contributed by atoms with Crippen LogP contribution in [0.4, 0.5) is 5.69 Å². The van der Waals surface area contributed by atoms with E-state index in [0.29, 0.717) is 24.6 Å². The zero-order valence-corrected chi connectivity index (χ0v) is 21.8. The lowest BCUT2D eigenvalue weighted by atomic mass is 10.2. The van der Waals surface area contributed by atoms with Gasteiger partial charge in [0.25, 0.3) is 10.0 Å². The van der Waals surface area contributed by atoms with Crippen molar-refractivity contribution < 1.29 is 17.9 Å². The van der Waals surface area contributed by atoms with Gasteiger partial charge in [0.05, 0.1) is 17.2 Å². The van der Waals surface area contributed by atoms with Crippen molar-refractivity contribution in [2.75, 3.05) is 29.8 Å². The van der Waals surface area contributed by atoms with Gasteiger partial charge in [0.15, 0.2) is 0 Å². The number of anilines is 1. The van der Waals surface area contributed by atoms with Crippen molar-refractivity contribution in [2.45, 2.75) is 30.9 Å². The molecular weight excluding hydrogens is 480 g/mol. The van der Waals surface area contributed by atoms with Crippen LogP contribution in [0.5, 0.6) is 5.75 Å². The highest BCUT2D eigenvalue weighted by molar-refractivity contribution is 7.98. The maximum absolute atomic E-state index is 13.5. The van der Waals surface area contributed by atoms with Gasteiger partial charge in [0.2, 0.25) is 5.91 Å². The normalized spacial score (nSPS) is 11.1. The Hall–Kier alpha value is -2.97. The molecule has 3 aromatic carbocycles. The molecule has 0 radical (unpaired) electrons. The molecule has 0 aliphatic heterocycles. The van der Waals surface area contributed by atoms with Gasteiger partial charge in [-0.25, -0.2) is 8.42 Å². The van der Waals surface area contributed by atoms with Crippen LogP contribution in [-0.2, 0) is 20.6 Å². The van der Waals surface area contributed by atoms with Gasteiger partial charge in [-0.2, -0.15) is 11.8 Å². The highest BCUT2D eigenvalue weighted by Crippen LogP contribution is 2.26. The summed E-state index contributed by atoms with van der Waals surface area (Å²) in [4.78, 5) is 12.9. The Bertz CT molecular complexity index is 1170. The molecule has 0 fully saturated rings. The largest absolute Gasteiger partial charge is 0.494 e. The second-order valence-electron chi connectivity index (χ2n) is 7.99. The van der Waals surface area contributed by atoms with E-state index >= 15 is 0 Å². The molecule has 0 saturated carbocycles. The molecule has 35 heavy (non-hydrogen) atoms. The van der Waals surface area contributed by atoms with Crippen LogP contribution in [0.25, 0.3) is 0 Å². The van der Waals surface area contributed by atoms with Gasteiger partial charge in [-0.15, -0.1) is 0 Å². The zero-order valence-electron chi connectivity index (χ0n) is 20.1. The first-order valence-corrected chi connectivity index (χ1v) is 14.2. The van der Waals surface area contributed by atoms with Gasteiger partial charge < -0.3 is 10.1 Å². The van der Waals surface area contributed by atoms with Gasteiger partial charge in [-0.1, -0.05) is 48.0 Å². The third-order valence-corrected chi connectivity index (χ3v) is 8.13. The molecule has 0 saturated heterocycles. The average molecular weight is 513 g/mol. The lowest BCUT2D eigenvalue weighted by Gasteiger charge is -2.24. The Labute approximate surface area is 212 Å². The number of nitrogens with one attached hydrogen (secondary N) is 1. The number of hydrogen-bond acceptors (Lipinski definition) is 5. The quantitative estimate of drug-likeness (QED) is 0.325. The Morgan fingerprint density at radius 2 is 1.66 bits per heavy atom. The van der Waals surface area contributed by atoms with Crippen molar-refractivity contribution in [2.24, 2.45) is 0 Å². The Morgan fingerprint density at radius 3 is 2.31 bits per heavy atom. The smallest absolute Gasteiger partial charge is 0.264 e. The summed E-state index contributed by atoms with van der Waals surface area (Å²) in [7, 11) is -3.93. The van der Waals surface area contributed by atoms with E-state index < -0.39 is 10.0 Å². The van der Waals surface area contributed by atoms with Crippen LogP contribution in [0.15, 0.2) is 83.8 Å². The van der Waals surface area contributed by atoms with Crippen LogP contribution in [-0.4, -0.2) is 39.8 Å². The van der Waals surface area contributed by atoms with Crippen LogP contribution in [0.2, 0.25) is 0 Å². The maximum atomic E-state index is 13.5. The highest BCUT2D eigenvalue weighted by Gasteiger charge is 2.27. The number of ether oxygens (including phenoxy) is 1. The summed E-state index contributed by atoms with van der Waals surface area (Å²) in [5, 5.41) is 2.86. The monoisotopic (exact) mass is 512 g/mol. The zero-order chi connectivity index (χ0) is 25.1. The second kappa shape index (κ2) is 13.2. The van der Waals surface area contributed by atoms with E-state index in [0.717, 1.165) is 27.8 Å². The first-order valence-electron chi connectivity index (χ1n) is 11.6. The summed E-state index contributed by atoms with van der Waals surface area (Å²) in [6, 6.07) is 23.6. The van der Waals surface area contributed by atoms with Gasteiger partial charge in [0, 0.05) is 12.3 Å². The third-order valence-electron chi connectivity index (χ3n) is 5.23. The highest BCUT2D eigenvalue weighted by atomic mass is 32.2. The van der Waals surface area contributed by atoms with Crippen LogP contribution >= 0.6 is 11.8 Å². The molecule has 8 heteroatoms. The van der Waals surface area contributed by atoms with Crippen molar-refractivity contribution in [1.82, 2.24) is 5.32 Å². The molecule has 186 valence electrons. The first-order chi connectivity index (χ1) is 16.9. The summed E-state index contributed by atoms with van der Waals surface area (Å²) in [6.45, 7) is 4.47. The molecule has 0 heterocycles. The minimum atomic E-state index is -3.93. The Morgan fingerprint density at radius 1 is 0.971 bits per heavy atom. The minimum Gasteiger partial charge on any atom is -0.494 e. The number of sulfonamides is 1. The molecule has 1 N–H and O–H groups in total. The van der Waals surface area contributed by atoms with E-state index in [-0.39, 0.29) is 17.3 Å². The van der Waals surface area contributed by atoms with Gasteiger partial charge in [-0.3, -0.25) is 9.10 Å². The fraction of sp³-hybridized carbons (Fsp3) is 0.296. The molecule has 6 nitrogen and oxygen atoms in total. The van der Waals surface area contributed by atoms with Gasteiger partial charge in [0.1, 0.15) is 12.3 Å². The summed E-state index contributed by atoms with van der Waals surface area (Å²) >= 11 is 1.81. The lowest BCUT2D eigenvalue weighted by molar-refractivity contribution is -0.119. The van der Waals surface area contributed by atoms with Crippen LogP contribution in [0, 0.1) is 6.92 Å². The Kier molecular flexibility index (Phi) is 10.0. The van der Waals surface area contributed by atoms with E-state index in [1.54, 1.807) is 48.5 Å². The van der Waals surface area contributed by atoms with E-state index in [4.69, 9.17) is 4.74 Å². The number of aryl methyl sites for hydroxylation is 1. The predicted octanol–water partition coefficient (Wildman–Crippen LogP) is 5.03. The minimum absolute atomic E-state index is 0.141. The summed E-state index contributed by atoms with van der Waals surface area (Å²) in [5.41, 5.74) is 2.64. The number of carbonyl (C=O) groups excluding carboxylic acids is 1. The van der Waals surface area contributed by atoms with Crippen molar-refractivity contribution in [3.8, 4) is 5.75 Å². The third kappa shape index (κ3) is 8.04. The van der Waals surface area contributed by atoms with E-state index in [9.17, 15) is 13.2 Å². The van der Waals surface area contributed by atoms with Crippen molar-refractivity contribution in [3.63, 3.8) is 0 Å². The predicted molar refractivity (Wildman–Crippen MR) is 144 cm³/mol. The molecule has 0 aromatic heterocycles. The van der Waals surface area contributed by atoms with Crippen molar-refractivity contribution in [3.05, 3.63) is 90.0 Å². The number of rotatable bonds is 13. The van der Waals surface area contributed by atoms with Crippen LogP contribution in [0.3, 0.4) is 0 Å². The topological polar surface area (TPSA) is 75.7 Å². The molecule has 1 amide bonds. The number of benzene rings is 3. The SMILES string of the molecule is CCOc1ccc(N(CC(=O)NCCCSCc2ccccc2)S(=O)(=O)c2ccc(C)cc2)cc1. The Balaban J connectivity index is 1.62. The average Bonchev–Trinajstić information content (AvgIpc) is 2.86. The van der Waals surface area contributed by atoms with Crippen LogP contribution in [0.1, 0.15) is 24.5 Å². The molecule has 0 bridgehead atoms. The van der Waals surface area contributed by atoms with E-state index in [1.807, 2.05) is 43.8 Å². The molecule has 0 spiro atoms. The molecule has 0 unspecified atom stereocenters. The first kappa shape index (κ1) is 26.6. The summed E-state index contributed by atoms with van der Waals surface area (Å²) < 4.78 is 33.5. The fourth-order valence-corrected chi connectivity index (χ4v) is 5.72. The molecule has 0 atom stereocenters. The number of hydrogen-bond donors (Lipinski definition) is 1. The lowest BCUT2D eigenvalue weighted by Crippen LogP contribution is -2.41. The maximum Gasteiger partial charge on any atom is 0.264 e. The van der Waals surface area contributed by atoms with Gasteiger partial charge >= 0.3 is 0 Å². The standard InChI is InChI=1S/C27H32N2O4S2/c1-3-33-25-14-12-24(13-15-25)29(35(31,32)26-16-10-22(2)11-17-26)20-27(30)28-18-7-19-34-21-23-8-5-4-6-9-23/h4-6,8-17H,3,7,18-21H2,1-2H3,(H,28,30). The number of thioether (sulfide) groups is 1. The second-order valence-corrected chi connectivity index (χ2v) is 11.0. The molecule has 3 aromatic rings.